The number of rotatable bonds is 5. The second-order valence-electron chi connectivity index (χ2n) is 6.83. The zero-order valence-electron chi connectivity index (χ0n) is 16.5. The number of carbonyl (C=O) groups excluding carboxylic acids is 1. The predicted octanol–water partition coefficient (Wildman–Crippen LogP) is 5.53. The van der Waals surface area contributed by atoms with Crippen LogP contribution in [-0.2, 0) is 15.7 Å². The van der Waals surface area contributed by atoms with Crippen molar-refractivity contribution in [2.45, 2.75) is 46.3 Å². The van der Waals surface area contributed by atoms with E-state index in [2.05, 4.69) is 0 Å². The van der Waals surface area contributed by atoms with Gasteiger partial charge >= 0.3 is 12.1 Å². The Morgan fingerprint density at radius 2 is 1.69 bits per heavy atom. The highest BCUT2D eigenvalue weighted by Crippen LogP contribution is 2.41. The molecular weight excluding hydrogens is 393 g/mol. The molecule has 2 N–H and O–H groups in total. The van der Waals surface area contributed by atoms with Gasteiger partial charge in [0.05, 0.1) is 18.6 Å². The van der Waals surface area contributed by atoms with Crippen LogP contribution in [0.1, 0.15) is 47.2 Å². The van der Waals surface area contributed by atoms with E-state index >= 15 is 4.39 Å². The fraction of sp³-hybridized carbons (Fsp3) is 0.381. The van der Waals surface area contributed by atoms with Crippen LogP contribution < -0.4 is 5.73 Å². The van der Waals surface area contributed by atoms with Gasteiger partial charge in [0.2, 0.25) is 0 Å². The first-order valence-electron chi connectivity index (χ1n) is 8.97. The molecule has 2 aromatic carbocycles. The fourth-order valence-electron chi connectivity index (χ4n) is 3.24. The minimum Gasteiger partial charge on any atom is -0.466 e. The van der Waals surface area contributed by atoms with E-state index in [1.54, 1.807) is 32.9 Å². The Balaban J connectivity index is 2.81. The molecule has 1 atom stereocenters. The number of hydrogen-bond donors (Lipinski definition) is 1. The molecule has 3 nitrogen and oxygen atoms in total. The molecule has 2 rings (SSSR count). The van der Waals surface area contributed by atoms with E-state index in [1.807, 2.05) is 0 Å². The number of esters is 1. The summed E-state index contributed by atoms with van der Waals surface area (Å²) in [5.41, 5.74) is 4.77. The molecule has 0 spiro atoms. The zero-order valence-corrected chi connectivity index (χ0v) is 16.5. The molecule has 0 saturated carbocycles. The molecule has 2 aromatic rings. The van der Waals surface area contributed by atoms with Gasteiger partial charge in [-0.15, -0.1) is 0 Å². The molecule has 29 heavy (non-hydrogen) atoms. The molecule has 8 heteroatoms. The van der Waals surface area contributed by atoms with Crippen LogP contribution in [-0.4, -0.2) is 12.6 Å². The van der Waals surface area contributed by atoms with Crippen molar-refractivity contribution in [1.29, 1.82) is 0 Å². The van der Waals surface area contributed by atoms with Crippen LogP contribution in [0.3, 0.4) is 0 Å². The van der Waals surface area contributed by atoms with Gasteiger partial charge in [-0.3, -0.25) is 4.79 Å². The van der Waals surface area contributed by atoms with Crippen LogP contribution in [0, 0.1) is 32.4 Å². The van der Waals surface area contributed by atoms with Gasteiger partial charge in [-0.2, -0.15) is 13.2 Å². The quantitative estimate of drug-likeness (QED) is 0.516. The van der Waals surface area contributed by atoms with Crippen LogP contribution in [0.15, 0.2) is 18.2 Å². The number of ether oxygens (including phenoxy) is 1. The summed E-state index contributed by atoms with van der Waals surface area (Å²) in [6.07, 6.45) is -5.73. The highest BCUT2D eigenvalue weighted by molar-refractivity contribution is 5.75. The summed E-state index contributed by atoms with van der Waals surface area (Å²) >= 11 is 0. The van der Waals surface area contributed by atoms with Gasteiger partial charge < -0.3 is 10.5 Å². The predicted molar refractivity (Wildman–Crippen MR) is 99.2 cm³/mol. The van der Waals surface area contributed by atoms with Gasteiger partial charge in [-0.25, -0.2) is 8.78 Å². The average molecular weight is 415 g/mol. The number of carbonyl (C=O) groups is 1. The summed E-state index contributed by atoms with van der Waals surface area (Å²) in [7, 11) is 0. The molecule has 0 radical (unpaired) electrons. The van der Waals surface area contributed by atoms with Crippen molar-refractivity contribution in [3.8, 4) is 11.1 Å². The van der Waals surface area contributed by atoms with Gasteiger partial charge in [0, 0.05) is 17.2 Å². The minimum atomic E-state index is -5.07. The lowest BCUT2D eigenvalue weighted by Crippen LogP contribution is -2.22. The first kappa shape index (κ1) is 22.8. The number of halogens is 5. The molecule has 0 bridgehead atoms. The third kappa shape index (κ3) is 4.58. The van der Waals surface area contributed by atoms with Gasteiger partial charge in [0.15, 0.2) is 0 Å². The summed E-state index contributed by atoms with van der Waals surface area (Å²) in [4.78, 5) is 11.7. The molecule has 0 aliphatic carbocycles. The van der Waals surface area contributed by atoms with Gasteiger partial charge in [0.1, 0.15) is 11.6 Å². The highest BCUT2D eigenvalue weighted by Gasteiger charge is 2.39. The van der Waals surface area contributed by atoms with Crippen molar-refractivity contribution < 1.29 is 31.5 Å². The first-order valence-corrected chi connectivity index (χ1v) is 8.97. The van der Waals surface area contributed by atoms with Crippen LogP contribution in [0.5, 0.6) is 0 Å². The van der Waals surface area contributed by atoms with E-state index in [0.29, 0.717) is 17.2 Å². The molecule has 0 aliphatic heterocycles. The molecular formula is C21H22F5NO2. The standard InChI is InChI=1S/C21H22F5NO2/c1-5-29-16(28)9-15(27)18-19(22)13(8-14(20(18)23)21(24,25)26)17-11(3)7-6-10(2)12(17)4/h6-8,15H,5,9,27H2,1-4H3/t15-/m0/s1. The van der Waals surface area contributed by atoms with E-state index in [-0.39, 0.29) is 12.2 Å². The molecule has 0 saturated heterocycles. The van der Waals surface area contributed by atoms with Gasteiger partial charge in [-0.05, 0) is 56.0 Å². The van der Waals surface area contributed by atoms with Crippen LogP contribution in [0.4, 0.5) is 22.0 Å². The Labute approximate surface area is 165 Å². The van der Waals surface area contributed by atoms with Gasteiger partial charge in [0.25, 0.3) is 0 Å². The Hall–Kier alpha value is -2.48. The number of benzene rings is 2. The lowest BCUT2D eigenvalue weighted by Gasteiger charge is -2.21. The van der Waals surface area contributed by atoms with Crippen molar-refractivity contribution in [2.75, 3.05) is 6.61 Å². The van der Waals surface area contributed by atoms with E-state index in [1.165, 1.54) is 6.92 Å². The third-order valence-corrected chi connectivity index (χ3v) is 4.82. The maximum atomic E-state index is 15.3. The molecule has 0 aliphatic rings. The second-order valence-corrected chi connectivity index (χ2v) is 6.83. The summed E-state index contributed by atoms with van der Waals surface area (Å²) in [5, 5.41) is 0. The maximum absolute atomic E-state index is 15.3. The first-order chi connectivity index (χ1) is 13.4. The van der Waals surface area contributed by atoms with Crippen molar-refractivity contribution in [1.82, 2.24) is 0 Å². The molecule has 158 valence electrons. The van der Waals surface area contributed by atoms with E-state index in [0.717, 1.165) is 5.56 Å². The van der Waals surface area contributed by atoms with Crippen LogP contribution >= 0.6 is 0 Å². The highest BCUT2D eigenvalue weighted by atomic mass is 19.4. The number of hydrogen-bond acceptors (Lipinski definition) is 3. The van der Waals surface area contributed by atoms with Crippen LogP contribution in [0.2, 0.25) is 0 Å². The minimum absolute atomic E-state index is 0.00599. The van der Waals surface area contributed by atoms with E-state index in [9.17, 15) is 22.4 Å². The molecule has 0 fully saturated rings. The van der Waals surface area contributed by atoms with E-state index < -0.39 is 52.9 Å². The van der Waals surface area contributed by atoms with Gasteiger partial charge in [-0.1, -0.05) is 12.1 Å². The van der Waals surface area contributed by atoms with Crippen molar-refractivity contribution in [2.24, 2.45) is 5.73 Å². The fourth-order valence-corrected chi connectivity index (χ4v) is 3.24. The van der Waals surface area contributed by atoms with Crippen molar-refractivity contribution in [3.63, 3.8) is 0 Å². The number of aryl methyl sites for hydroxylation is 2. The summed E-state index contributed by atoms with van der Waals surface area (Å²) in [5.74, 6) is -3.90. The third-order valence-electron chi connectivity index (χ3n) is 4.82. The second kappa shape index (κ2) is 8.49. The van der Waals surface area contributed by atoms with Crippen molar-refractivity contribution in [3.05, 3.63) is 57.7 Å². The number of alkyl halides is 3. The average Bonchev–Trinajstić information content (AvgIpc) is 2.59. The molecule has 0 heterocycles. The zero-order chi connectivity index (χ0) is 22.1. The SMILES string of the molecule is CCOC(=O)C[C@H](N)c1c(F)c(-c2c(C)ccc(C)c2C)cc(C(F)(F)F)c1F. The molecule has 0 amide bonds. The molecule has 0 aromatic heterocycles. The lowest BCUT2D eigenvalue weighted by atomic mass is 9.88. The molecule has 0 unspecified atom stereocenters. The van der Waals surface area contributed by atoms with Crippen LogP contribution in [0.25, 0.3) is 11.1 Å². The summed E-state index contributed by atoms with van der Waals surface area (Å²) in [6, 6.07) is 2.22. The lowest BCUT2D eigenvalue weighted by molar-refractivity contribution is -0.143. The topological polar surface area (TPSA) is 52.3 Å². The summed E-state index contributed by atoms with van der Waals surface area (Å²) in [6.45, 7) is 6.53. The number of nitrogens with two attached hydrogens (primary N) is 1. The van der Waals surface area contributed by atoms with E-state index in [4.69, 9.17) is 10.5 Å². The smallest absolute Gasteiger partial charge is 0.419 e. The van der Waals surface area contributed by atoms with Crippen molar-refractivity contribution >= 4 is 5.97 Å². The Morgan fingerprint density at radius 1 is 1.10 bits per heavy atom. The maximum Gasteiger partial charge on any atom is 0.419 e. The Bertz CT molecular complexity index is 938. The monoisotopic (exact) mass is 415 g/mol. The largest absolute Gasteiger partial charge is 0.466 e. The Morgan fingerprint density at radius 3 is 2.24 bits per heavy atom. The Kier molecular flexibility index (Phi) is 6.67. The normalized spacial score (nSPS) is 12.8. The summed E-state index contributed by atoms with van der Waals surface area (Å²) < 4.78 is 75.2.